The van der Waals surface area contributed by atoms with Gasteiger partial charge in [0.15, 0.2) is 17.5 Å². The number of benzene rings is 1. The maximum atomic E-state index is 14.1. The van der Waals surface area contributed by atoms with E-state index in [0.717, 1.165) is 15.6 Å². The fourth-order valence-corrected chi connectivity index (χ4v) is 7.39. The van der Waals surface area contributed by atoms with Gasteiger partial charge in [0.05, 0.1) is 0 Å². The molecular formula is C23H29F3N4O5S. The van der Waals surface area contributed by atoms with E-state index in [1.807, 2.05) is 20.8 Å². The third kappa shape index (κ3) is 4.58. The summed E-state index contributed by atoms with van der Waals surface area (Å²) in [5.41, 5.74) is -1.20. The van der Waals surface area contributed by atoms with Crippen molar-refractivity contribution in [3.8, 4) is 0 Å². The number of sulfonamides is 1. The van der Waals surface area contributed by atoms with Gasteiger partial charge in [-0.2, -0.15) is 4.31 Å². The number of hydrogen-bond acceptors (Lipinski definition) is 5. The standard InChI is InChI=1S/C23H29F3N4O5S/c1-14-10-22(2,3)13-23(11-14)20(32)30(21(33)27-23)12-17(31)28-6-8-29(9-7-28)36(34,35)16-5-4-15(24)18(25)19(16)26/h4-5,14H,6-13H2,1-3H3,(H,27,33). The summed E-state index contributed by atoms with van der Waals surface area (Å²) in [4.78, 5) is 40.1. The van der Waals surface area contributed by atoms with Gasteiger partial charge < -0.3 is 10.2 Å². The van der Waals surface area contributed by atoms with Crippen molar-refractivity contribution in [2.75, 3.05) is 32.7 Å². The lowest BCUT2D eigenvalue weighted by Crippen LogP contribution is -2.55. The number of carbonyl (C=O) groups is 3. The first-order valence-electron chi connectivity index (χ1n) is 11.7. The van der Waals surface area contributed by atoms with E-state index in [9.17, 15) is 36.0 Å². The molecule has 1 saturated carbocycles. The molecule has 198 valence electrons. The summed E-state index contributed by atoms with van der Waals surface area (Å²) in [5, 5.41) is 2.81. The molecule has 2 saturated heterocycles. The highest BCUT2D eigenvalue weighted by atomic mass is 32.2. The number of nitrogens with zero attached hydrogens (tertiary/aromatic N) is 3. The van der Waals surface area contributed by atoms with Gasteiger partial charge in [-0.05, 0) is 42.7 Å². The minimum atomic E-state index is -4.47. The second-order valence-electron chi connectivity index (χ2n) is 10.7. The van der Waals surface area contributed by atoms with Crippen molar-refractivity contribution in [1.29, 1.82) is 0 Å². The smallest absolute Gasteiger partial charge is 0.325 e. The van der Waals surface area contributed by atoms with Crippen LogP contribution in [0.2, 0.25) is 0 Å². The molecule has 1 aliphatic carbocycles. The van der Waals surface area contributed by atoms with Crippen molar-refractivity contribution in [1.82, 2.24) is 19.4 Å². The van der Waals surface area contributed by atoms with Crippen molar-refractivity contribution < 1.29 is 36.0 Å². The molecule has 2 atom stereocenters. The SMILES string of the molecule is CC1CC(C)(C)CC2(C1)NC(=O)N(CC(=O)N1CCN(S(=O)(=O)c3ccc(F)c(F)c3F)CC1)C2=O. The number of halogens is 3. The van der Waals surface area contributed by atoms with Gasteiger partial charge in [0.2, 0.25) is 15.9 Å². The summed E-state index contributed by atoms with van der Waals surface area (Å²) >= 11 is 0. The van der Waals surface area contributed by atoms with Gasteiger partial charge in [0.25, 0.3) is 5.91 Å². The summed E-state index contributed by atoms with van der Waals surface area (Å²) in [6.07, 6.45) is 1.87. The minimum absolute atomic E-state index is 0.0811. The zero-order valence-corrected chi connectivity index (χ0v) is 21.1. The average molecular weight is 531 g/mol. The molecule has 2 heterocycles. The number of carbonyl (C=O) groups excluding carboxylic acids is 3. The van der Waals surface area contributed by atoms with Crippen LogP contribution in [0.15, 0.2) is 17.0 Å². The summed E-state index contributed by atoms with van der Waals surface area (Å²) in [6.45, 7) is 5.02. The highest BCUT2D eigenvalue weighted by molar-refractivity contribution is 7.89. The van der Waals surface area contributed by atoms with Crippen LogP contribution in [-0.4, -0.2) is 78.6 Å². The van der Waals surface area contributed by atoms with Crippen molar-refractivity contribution in [2.45, 2.75) is 50.5 Å². The molecule has 3 aliphatic rings. The third-order valence-corrected chi connectivity index (χ3v) is 9.04. The zero-order valence-electron chi connectivity index (χ0n) is 20.3. The summed E-state index contributed by atoms with van der Waals surface area (Å²) in [6, 6.07) is 0.555. The molecule has 0 aromatic heterocycles. The van der Waals surface area contributed by atoms with Gasteiger partial charge in [-0.15, -0.1) is 0 Å². The van der Waals surface area contributed by atoms with Crippen molar-refractivity contribution in [3.63, 3.8) is 0 Å². The first-order chi connectivity index (χ1) is 16.7. The Labute approximate surface area is 207 Å². The van der Waals surface area contributed by atoms with Gasteiger partial charge >= 0.3 is 6.03 Å². The molecule has 1 N–H and O–H groups in total. The lowest BCUT2D eigenvalue weighted by Gasteiger charge is -2.43. The molecule has 3 fully saturated rings. The molecule has 4 amide bonds. The van der Waals surface area contributed by atoms with E-state index in [0.29, 0.717) is 25.0 Å². The minimum Gasteiger partial charge on any atom is -0.338 e. The lowest BCUT2D eigenvalue weighted by atomic mass is 9.64. The second-order valence-corrected chi connectivity index (χ2v) is 12.6. The van der Waals surface area contributed by atoms with Crippen molar-refractivity contribution in [3.05, 3.63) is 29.6 Å². The van der Waals surface area contributed by atoms with Crippen LogP contribution in [0.3, 0.4) is 0 Å². The highest BCUT2D eigenvalue weighted by Crippen LogP contribution is 2.46. The fourth-order valence-electron chi connectivity index (χ4n) is 5.91. The Morgan fingerprint density at radius 3 is 2.31 bits per heavy atom. The van der Waals surface area contributed by atoms with Crippen molar-refractivity contribution in [2.24, 2.45) is 11.3 Å². The topological polar surface area (TPSA) is 107 Å². The predicted octanol–water partition coefficient (Wildman–Crippen LogP) is 2.07. The molecular weight excluding hydrogens is 501 g/mol. The number of hydrogen-bond donors (Lipinski definition) is 1. The molecule has 0 radical (unpaired) electrons. The maximum Gasteiger partial charge on any atom is 0.325 e. The highest BCUT2D eigenvalue weighted by Gasteiger charge is 2.56. The van der Waals surface area contributed by atoms with Crippen LogP contribution in [0.4, 0.5) is 18.0 Å². The monoisotopic (exact) mass is 530 g/mol. The van der Waals surface area contributed by atoms with E-state index < -0.39 is 62.3 Å². The van der Waals surface area contributed by atoms with Gasteiger partial charge in [-0.1, -0.05) is 20.8 Å². The van der Waals surface area contributed by atoms with Gasteiger partial charge in [0.1, 0.15) is 17.0 Å². The molecule has 2 unspecified atom stereocenters. The molecule has 9 nitrogen and oxygen atoms in total. The summed E-state index contributed by atoms with van der Waals surface area (Å²) in [7, 11) is -4.47. The zero-order chi connectivity index (χ0) is 26.6. The van der Waals surface area contributed by atoms with Crippen LogP contribution >= 0.6 is 0 Å². The quantitative estimate of drug-likeness (QED) is 0.474. The molecule has 2 aliphatic heterocycles. The first kappa shape index (κ1) is 26.4. The van der Waals surface area contributed by atoms with E-state index in [1.54, 1.807) is 0 Å². The van der Waals surface area contributed by atoms with E-state index >= 15 is 0 Å². The van der Waals surface area contributed by atoms with Gasteiger partial charge in [0, 0.05) is 26.2 Å². The summed E-state index contributed by atoms with van der Waals surface area (Å²) < 4.78 is 67.2. The van der Waals surface area contributed by atoms with E-state index in [1.165, 1.54) is 4.90 Å². The molecule has 4 rings (SSSR count). The van der Waals surface area contributed by atoms with E-state index in [-0.39, 0.29) is 37.5 Å². The van der Waals surface area contributed by atoms with Crippen LogP contribution < -0.4 is 5.32 Å². The number of nitrogens with one attached hydrogen (secondary N) is 1. The molecule has 36 heavy (non-hydrogen) atoms. The van der Waals surface area contributed by atoms with Crippen LogP contribution in [0.25, 0.3) is 0 Å². The number of amides is 4. The number of imide groups is 1. The van der Waals surface area contributed by atoms with E-state index in [4.69, 9.17) is 0 Å². The van der Waals surface area contributed by atoms with E-state index in [2.05, 4.69) is 5.32 Å². The Balaban J connectivity index is 1.41. The predicted molar refractivity (Wildman–Crippen MR) is 121 cm³/mol. The normalized spacial score (nSPS) is 27.0. The third-order valence-electron chi connectivity index (χ3n) is 7.13. The largest absolute Gasteiger partial charge is 0.338 e. The van der Waals surface area contributed by atoms with Crippen LogP contribution in [0.1, 0.15) is 40.0 Å². The molecule has 1 aromatic rings. The lowest BCUT2D eigenvalue weighted by molar-refractivity contribution is -0.141. The molecule has 1 aromatic carbocycles. The van der Waals surface area contributed by atoms with Crippen molar-refractivity contribution >= 4 is 27.9 Å². The van der Waals surface area contributed by atoms with Crippen LogP contribution in [-0.2, 0) is 19.6 Å². The average Bonchev–Trinajstić information content (AvgIpc) is 2.99. The number of piperazine rings is 1. The first-order valence-corrected chi connectivity index (χ1v) is 13.2. The number of urea groups is 1. The number of rotatable bonds is 4. The molecule has 13 heteroatoms. The molecule has 1 spiro atoms. The van der Waals surface area contributed by atoms with Gasteiger partial charge in [-0.25, -0.2) is 26.4 Å². The summed E-state index contributed by atoms with van der Waals surface area (Å²) in [5.74, 6) is -5.95. The van der Waals surface area contributed by atoms with Crippen LogP contribution in [0.5, 0.6) is 0 Å². The molecule has 0 bridgehead atoms. The maximum absolute atomic E-state index is 14.1. The van der Waals surface area contributed by atoms with Crippen LogP contribution in [0, 0.1) is 28.8 Å². The Kier molecular flexibility index (Phi) is 6.61. The second kappa shape index (κ2) is 9.02. The Morgan fingerprint density at radius 1 is 1.06 bits per heavy atom. The van der Waals surface area contributed by atoms with Gasteiger partial charge in [-0.3, -0.25) is 14.5 Å². The fraction of sp³-hybridized carbons (Fsp3) is 0.609. The Bertz CT molecular complexity index is 1220. The Hall–Kier alpha value is -2.67. The Morgan fingerprint density at radius 2 is 1.69 bits per heavy atom.